The molecule has 0 radical (unpaired) electrons. The van der Waals surface area contributed by atoms with Gasteiger partial charge in [0.2, 0.25) is 0 Å². The number of anilines is 1. The van der Waals surface area contributed by atoms with Crippen molar-refractivity contribution in [2.45, 2.75) is 45.1 Å². The molecule has 0 aromatic carbocycles. The number of nitrogens with zero attached hydrogens (tertiary/aromatic N) is 3. The Kier molecular flexibility index (Phi) is 4.57. The van der Waals surface area contributed by atoms with Gasteiger partial charge in [0.1, 0.15) is 11.9 Å². The first-order valence-corrected chi connectivity index (χ1v) is 6.97. The molecule has 1 aromatic heterocycles. The molecular formula is C15H19N3O2. The third-order valence-electron chi connectivity index (χ3n) is 3.84. The van der Waals surface area contributed by atoms with Crippen molar-refractivity contribution < 1.29 is 9.90 Å². The highest BCUT2D eigenvalue weighted by Crippen LogP contribution is 2.29. The number of piperidine rings is 1. The highest BCUT2D eigenvalue weighted by molar-refractivity contribution is 5.67. The van der Waals surface area contributed by atoms with E-state index in [9.17, 15) is 10.1 Å². The van der Waals surface area contributed by atoms with Gasteiger partial charge in [0.15, 0.2) is 0 Å². The van der Waals surface area contributed by atoms with Crippen molar-refractivity contribution in [3.63, 3.8) is 0 Å². The summed E-state index contributed by atoms with van der Waals surface area (Å²) in [5.41, 5.74) is 1.52. The van der Waals surface area contributed by atoms with Crippen molar-refractivity contribution in [1.82, 2.24) is 4.98 Å². The van der Waals surface area contributed by atoms with E-state index in [-0.39, 0.29) is 12.5 Å². The van der Waals surface area contributed by atoms with E-state index in [1.54, 1.807) is 6.20 Å². The molecule has 5 heteroatoms. The van der Waals surface area contributed by atoms with E-state index >= 15 is 0 Å². The van der Waals surface area contributed by atoms with Crippen molar-refractivity contribution in [3.05, 3.63) is 23.4 Å². The molecule has 1 fully saturated rings. The fraction of sp³-hybridized carbons (Fsp3) is 0.533. The number of aliphatic carboxylic acids is 1. The summed E-state index contributed by atoms with van der Waals surface area (Å²) < 4.78 is 0. The molecule has 5 nitrogen and oxygen atoms in total. The molecule has 0 spiro atoms. The lowest BCUT2D eigenvalue weighted by molar-refractivity contribution is -0.137. The summed E-state index contributed by atoms with van der Waals surface area (Å²) in [5, 5.41) is 18.2. The summed E-state index contributed by atoms with van der Waals surface area (Å²) in [6.45, 7) is 2.75. The van der Waals surface area contributed by atoms with Crippen LogP contribution in [0.15, 0.2) is 12.3 Å². The van der Waals surface area contributed by atoms with E-state index in [2.05, 4.69) is 16.0 Å². The van der Waals surface area contributed by atoms with Crippen molar-refractivity contribution in [3.8, 4) is 6.07 Å². The van der Waals surface area contributed by atoms with Gasteiger partial charge in [0.05, 0.1) is 5.56 Å². The maximum atomic E-state index is 10.8. The van der Waals surface area contributed by atoms with Crippen LogP contribution < -0.4 is 4.90 Å². The quantitative estimate of drug-likeness (QED) is 0.912. The second-order valence-corrected chi connectivity index (χ2v) is 5.21. The zero-order chi connectivity index (χ0) is 14.5. The molecular weight excluding hydrogens is 254 g/mol. The van der Waals surface area contributed by atoms with E-state index < -0.39 is 5.97 Å². The molecule has 2 rings (SSSR count). The van der Waals surface area contributed by atoms with E-state index in [0.717, 1.165) is 31.4 Å². The number of carboxylic acids is 1. The molecule has 0 aliphatic carbocycles. The number of carbonyl (C=O) groups is 1. The molecule has 106 valence electrons. The second-order valence-electron chi connectivity index (χ2n) is 5.21. The molecule has 1 aliphatic heterocycles. The van der Waals surface area contributed by atoms with Crippen LogP contribution in [0.4, 0.5) is 5.82 Å². The van der Waals surface area contributed by atoms with E-state index in [0.29, 0.717) is 17.8 Å². The molecule has 1 atom stereocenters. The van der Waals surface area contributed by atoms with Gasteiger partial charge in [-0.1, -0.05) is 0 Å². The smallest absolute Gasteiger partial charge is 0.303 e. The minimum Gasteiger partial charge on any atom is -0.481 e. The minimum absolute atomic E-state index is 0.162. The summed E-state index contributed by atoms with van der Waals surface area (Å²) in [5.74, 6) is -0.0594. The Bertz CT molecular complexity index is 536. The highest BCUT2D eigenvalue weighted by Gasteiger charge is 2.26. The van der Waals surface area contributed by atoms with Crippen LogP contribution in [0.3, 0.4) is 0 Å². The number of aryl methyl sites for hydroxylation is 1. The lowest BCUT2D eigenvalue weighted by Crippen LogP contribution is -2.41. The Morgan fingerprint density at radius 2 is 2.40 bits per heavy atom. The third kappa shape index (κ3) is 3.08. The van der Waals surface area contributed by atoms with Crippen LogP contribution in [-0.4, -0.2) is 28.6 Å². The van der Waals surface area contributed by atoms with Crippen molar-refractivity contribution in [2.75, 3.05) is 11.4 Å². The van der Waals surface area contributed by atoms with Crippen LogP contribution in [-0.2, 0) is 4.79 Å². The van der Waals surface area contributed by atoms with Gasteiger partial charge in [-0.25, -0.2) is 4.98 Å². The van der Waals surface area contributed by atoms with Gasteiger partial charge in [-0.05, 0) is 44.2 Å². The fourth-order valence-corrected chi connectivity index (χ4v) is 2.77. The topological polar surface area (TPSA) is 77.2 Å². The molecule has 1 N–H and O–H groups in total. The number of nitriles is 1. The number of aromatic nitrogens is 1. The first kappa shape index (κ1) is 14.3. The minimum atomic E-state index is -0.770. The van der Waals surface area contributed by atoms with Gasteiger partial charge < -0.3 is 10.0 Å². The van der Waals surface area contributed by atoms with Crippen molar-refractivity contribution >= 4 is 11.8 Å². The Morgan fingerprint density at radius 1 is 1.60 bits per heavy atom. The average Bonchev–Trinajstić information content (AvgIpc) is 2.45. The van der Waals surface area contributed by atoms with Gasteiger partial charge in [-0.15, -0.1) is 0 Å². The van der Waals surface area contributed by atoms with Crippen LogP contribution in [0.2, 0.25) is 0 Å². The van der Waals surface area contributed by atoms with Crippen LogP contribution in [0, 0.1) is 18.3 Å². The van der Waals surface area contributed by atoms with Crippen LogP contribution in [0.1, 0.15) is 43.2 Å². The van der Waals surface area contributed by atoms with E-state index in [1.807, 2.05) is 13.0 Å². The van der Waals surface area contributed by atoms with Crippen molar-refractivity contribution in [1.29, 1.82) is 5.26 Å². The molecule has 1 unspecified atom stereocenters. The van der Waals surface area contributed by atoms with Crippen LogP contribution in [0.5, 0.6) is 0 Å². The van der Waals surface area contributed by atoms with Crippen LogP contribution in [0.25, 0.3) is 0 Å². The summed E-state index contributed by atoms with van der Waals surface area (Å²) in [6.07, 6.45) is 5.62. The summed E-state index contributed by atoms with van der Waals surface area (Å²) in [7, 11) is 0. The molecule has 0 bridgehead atoms. The van der Waals surface area contributed by atoms with Gasteiger partial charge in [0.25, 0.3) is 0 Å². The molecule has 1 aromatic rings. The van der Waals surface area contributed by atoms with E-state index in [1.165, 1.54) is 0 Å². The maximum Gasteiger partial charge on any atom is 0.303 e. The van der Waals surface area contributed by atoms with E-state index in [4.69, 9.17) is 5.11 Å². The number of carboxylic acid groups (broad SMARTS) is 1. The third-order valence-corrected chi connectivity index (χ3v) is 3.84. The lowest BCUT2D eigenvalue weighted by atomic mass is 9.97. The van der Waals surface area contributed by atoms with Gasteiger partial charge in [-0.3, -0.25) is 4.79 Å². The lowest BCUT2D eigenvalue weighted by Gasteiger charge is -2.37. The highest BCUT2D eigenvalue weighted by atomic mass is 16.4. The maximum absolute atomic E-state index is 10.8. The zero-order valence-electron chi connectivity index (χ0n) is 11.7. The Hall–Kier alpha value is -2.09. The second kappa shape index (κ2) is 6.38. The molecule has 20 heavy (non-hydrogen) atoms. The first-order valence-electron chi connectivity index (χ1n) is 6.97. The van der Waals surface area contributed by atoms with Gasteiger partial charge >= 0.3 is 5.97 Å². The van der Waals surface area contributed by atoms with Crippen LogP contribution >= 0.6 is 0 Å². The monoisotopic (exact) mass is 273 g/mol. The molecule has 0 amide bonds. The average molecular weight is 273 g/mol. The Morgan fingerprint density at radius 3 is 3.10 bits per heavy atom. The number of pyridine rings is 1. The first-order chi connectivity index (χ1) is 9.63. The summed E-state index contributed by atoms with van der Waals surface area (Å²) in [6, 6.07) is 4.23. The van der Waals surface area contributed by atoms with Gasteiger partial charge in [0, 0.05) is 25.2 Å². The number of hydrogen-bond acceptors (Lipinski definition) is 4. The zero-order valence-corrected chi connectivity index (χ0v) is 11.7. The SMILES string of the molecule is Cc1ccnc(N2CCCCC2CCC(=O)O)c1C#N. The number of hydrogen-bond donors (Lipinski definition) is 1. The molecule has 0 saturated carbocycles. The fourth-order valence-electron chi connectivity index (χ4n) is 2.77. The Labute approximate surface area is 118 Å². The molecule has 1 aliphatic rings. The predicted octanol–water partition coefficient (Wildman–Crippen LogP) is 2.49. The standard InChI is InChI=1S/C15H19N3O2/c1-11-7-8-17-15(13(11)10-16)18-9-3-2-4-12(18)5-6-14(19)20/h7-8,12H,2-6,9H2,1H3,(H,19,20). The largest absolute Gasteiger partial charge is 0.481 e. The van der Waals surface area contributed by atoms with Crippen molar-refractivity contribution in [2.24, 2.45) is 0 Å². The predicted molar refractivity (Wildman–Crippen MR) is 75.5 cm³/mol. The number of rotatable bonds is 4. The molecule has 1 saturated heterocycles. The normalized spacial score (nSPS) is 18.6. The summed E-state index contributed by atoms with van der Waals surface area (Å²) >= 11 is 0. The van der Waals surface area contributed by atoms with Gasteiger partial charge in [-0.2, -0.15) is 5.26 Å². The molecule has 2 heterocycles. The summed E-state index contributed by atoms with van der Waals surface area (Å²) in [4.78, 5) is 17.3. The Balaban J connectivity index is 2.26.